The van der Waals surface area contributed by atoms with Gasteiger partial charge in [0.25, 0.3) is 5.91 Å². The topological polar surface area (TPSA) is 33.2 Å². The predicted molar refractivity (Wildman–Crippen MR) is 85.8 cm³/mol. The van der Waals surface area contributed by atoms with E-state index >= 15 is 0 Å². The van der Waals surface area contributed by atoms with Gasteiger partial charge in [0.15, 0.2) is 0 Å². The fourth-order valence-electron chi connectivity index (χ4n) is 1.75. The highest BCUT2D eigenvalue weighted by atomic mass is 127. The minimum atomic E-state index is -0.0630. The monoisotopic (exact) mass is 386 g/mol. The lowest BCUT2D eigenvalue weighted by atomic mass is 10.2. The summed E-state index contributed by atoms with van der Waals surface area (Å²) in [7, 11) is 0. The van der Waals surface area contributed by atoms with Gasteiger partial charge in [-0.3, -0.25) is 9.78 Å². The second-order valence-corrected chi connectivity index (χ2v) is 5.45. The Morgan fingerprint density at radius 2 is 2.00 bits per heavy atom. The number of carbonyl (C=O) groups is 1. The first-order valence-electron chi connectivity index (χ1n) is 5.80. The van der Waals surface area contributed by atoms with Crippen LogP contribution < -0.4 is 4.90 Å². The molecule has 0 radical (unpaired) electrons. The molecule has 1 amide bonds. The molecular formula is C14H12ClIN2O. The van der Waals surface area contributed by atoms with Crippen LogP contribution in [0.1, 0.15) is 17.3 Å². The van der Waals surface area contributed by atoms with Crippen molar-refractivity contribution in [3.05, 3.63) is 56.9 Å². The average molecular weight is 387 g/mol. The third-order valence-electron chi connectivity index (χ3n) is 2.70. The Bertz CT molecular complexity index is 589. The predicted octanol–water partition coefficient (Wildman–Crippen LogP) is 4.01. The van der Waals surface area contributed by atoms with Crippen LogP contribution in [-0.2, 0) is 0 Å². The SMILES string of the molecule is CCN(C(=O)c1ccc(I)c(Cl)c1)c1ccncc1. The summed E-state index contributed by atoms with van der Waals surface area (Å²) in [6.07, 6.45) is 3.35. The lowest BCUT2D eigenvalue weighted by molar-refractivity contribution is 0.0988. The van der Waals surface area contributed by atoms with E-state index in [2.05, 4.69) is 27.6 Å². The van der Waals surface area contributed by atoms with Crippen LogP contribution in [0.15, 0.2) is 42.7 Å². The fourth-order valence-corrected chi connectivity index (χ4v) is 2.27. The summed E-state index contributed by atoms with van der Waals surface area (Å²) < 4.78 is 0.933. The van der Waals surface area contributed by atoms with Crippen LogP contribution in [0.4, 0.5) is 5.69 Å². The molecule has 0 aliphatic heterocycles. The lowest BCUT2D eigenvalue weighted by Gasteiger charge is -2.21. The Hall–Kier alpha value is -1.14. The number of benzene rings is 1. The van der Waals surface area contributed by atoms with Gasteiger partial charge in [0.1, 0.15) is 0 Å². The van der Waals surface area contributed by atoms with E-state index in [4.69, 9.17) is 11.6 Å². The van der Waals surface area contributed by atoms with Crippen molar-refractivity contribution in [3.8, 4) is 0 Å². The van der Waals surface area contributed by atoms with E-state index in [1.54, 1.807) is 29.4 Å². The molecule has 5 heteroatoms. The summed E-state index contributed by atoms with van der Waals surface area (Å²) in [5, 5.41) is 0.595. The molecule has 0 saturated carbocycles. The minimum Gasteiger partial charge on any atom is -0.309 e. The van der Waals surface area contributed by atoms with Crippen molar-refractivity contribution in [1.82, 2.24) is 4.98 Å². The Morgan fingerprint density at radius 3 is 2.58 bits per heavy atom. The maximum atomic E-state index is 12.5. The number of anilines is 1. The number of rotatable bonds is 3. The van der Waals surface area contributed by atoms with E-state index in [0.29, 0.717) is 17.1 Å². The van der Waals surface area contributed by atoms with Crippen molar-refractivity contribution in [2.45, 2.75) is 6.92 Å². The molecule has 0 saturated heterocycles. The van der Waals surface area contributed by atoms with E-state index in [0.717, 1.165) is 9.26 Å². The van der Waals surface area contributed by atoms with Gasteiger partial charge in [-0.2, -0.15) is 0 Å². The molecule has 1 heterocycles. The van der Waals surface area contributed by atoms with Gasteiger partial charge in [0.2, 0.25) is 0 Å². The average Bonchev–Trinajstić information content (AvgIpc) is 2.44. The van der Waals surface area contributed by atoms with Crippen LogP contribution in [0, 0.1) is 3.57 Å². The van der Waals surface area contributed by atoms with Gasteiger partial charge in [0, 0.05) is 33.8 Å². The van der Waals surface area contributed by atoms with Crippen LogP contribution in [-0.4, -0.2) is 17.4 Å². The first-order valence-corrected chi connectivity index (χ1v) is 7.26. The van der Waals surface area contributed by atoms with Gasteiger partial charge in [0.05, 0.1) is 5.02 Å². The summed E-state index contributed by atoms with van der Waals surface area (Å²) in [6.45, 7) is 2.53. The standard InChI is InChI=1S/C14H12ClIN2O/c1-2-18(11-5-7-17-8-6-11)14(19)10-3-4-13(16)12(15)9-10/h3-9H,2H2,1H3. The van der Waals surface area contributed by atoms with Gasteiger partial charge in [-0.15, -0.1) is 0 Å². The van der Waals surface area contributed by atoms with Crippen LogP contribution in [0.5, 0.6) is 0 Å². The summed E-state index contributed by atoms with van der Waals surface area (Å²) in [5.41, 5.74) is 1.42. The van der Waals surface area contributed by atoms with Crippen molar-refractivity contribution >= 4 is 45.8 Å². The quantitative estimate of drug-likeness (QED) is 0.747. The molecule has 0 atom stereocenters. The highest BCUT2D eigenvalue weighted by molar-refractivity contribution is 14.1. The third-order valence-corrected chi connectivity index (χ3v) is 4.27. The van der Waals surface area contributed by atoms with E-state index in [1.165, 1.54) is 0 Å². The van der Waals surface area contributed by atoms with Gasteiger partial charge in [-0.05, 0) is 59.8 Å². The highest BCUT2D eigenvalue weighted by Crippen LogP contribution is 2.22. The molecule has 0 spiro atoms. The molecule has 2 rings (SSSR count). The van der Waals surface area contributed by atoms with Gasteiger partial charge >= 0.3 is 0 Å². The molecule has 0 N–H and O–H groups in total. The summed E-state index contributed by atoms with van der Waals surface area (Å²) in [6, 6.07) is 8.97. The number of amides is 1. The van der Waals surface area contributed by atoms with Crippen molar-refractivity contribution < 1.29 is 4.79 Å². The smallest absolute Gasteiger partial charge is 0.258 e. The molecule has 1 aromatic carbocycles. The molecule has 3 nitrogen and oxygen atoms in total. The molecule has 98 valence electrons. The van der Waals surface area contributed by atoms with Gasteiger partial charge in [-0.25, -0.2) is 0 Å². The molecule has 0 aliphatic carbocycles. The number of halogens is 2. The second-order valence-electron chi connectivity index (χ2n) is 3.88. The molecule has 0 bridgehead atoms. The molecule has 0 aliphatic rings. The normalized spacial score (nSPS) is 10.3. The second kappa shape index (κ2) is 6.34. The van der Waals surface area contributed by atoms with Gasteiger partial charge in [-0.1, -0.05) is 11.6 Å². The number of hydrogen-bond acceptors (Lipinski definition) is 2. The van der Waals surface area contributed by atoms with Crippen LogP contribution in [0.2, 0.25) is 5.02 Å². The number of nitrogens with zero attached hydrogens (tertiary/aromatic N) is 2. The zero-order valence-electron chi connectivity index (χ0n) is 10.3. The molecule has 2 aromatic rings. The molecule has 0 unspecified atom stereocenters. The van der Waals surface area contributed by atoms with Crippen LogP contribution in [0.3, 0.4) is 0 Å². The van der Waals surface area contributed by atoms with Crippen molar-refractivity contribution in [3.63, 3.8) is 0 Å². The zero-order valence-corrected chi connectivity index (χ0v) is 13.2. The zero-order chi connectivity index (χ0) is 13.8. The van der Waals surface area contributed by atoms with E-state index in [1.807, 2.05) is 25.1 Å². The van der Waals surface area contributed by atoms with E-state index in [9.17, 15) is 4.79 Å². The Morgan fingerprint density at radius 1 is 1.32 bits per heavy atom. The molecule has 1 aromatic heterocycles. The van der Waals surface area contributed by atoms with Crippen LogP contribution >= 0.6 is 34.2 Å². The van der Waals surface area contributed by atoms with Crippen molar-refractivity contribution in [1.29, 1.82) is 0 Å². The number of carbonyl (C=O) groups excluding carboxylic acids is 1. The molecular weight excluding hydrogens is 375 g/mol. The Labute approximate surface area is 130 Å². The largest absolute Gasteiger partial charge is 0.309 e. The summed E-state index contributed by atoms with van der Waals surface area (Å²) in [4.78, 5) is 18.1. The molecule has 19 heavy (non-hydrogen) atoms. The van der Waals surface area contributed by atoms with E-state index in [-0.39, 0.29) is 5.91 Å². The lowest BCUT2D eigenvalue weighted by Crippen LogP contribution is -2.30. The third kappa shape index (κ3) is 3.25. The fraction of sp³-hybridized carbons (Fsp3) is 0.143. The minimum absolute atomic E-state index is 0.0630. The van der Waals surface area contributed by atoms with Crippen molar-refractivity contribution in [2.75, 3.05) is 11.4 Å². The van der Waals surface area contributed by atoms with E-state index < -0.39 is 0 Å². The summed E-state index contributed by atoms with van der Waals surface area (Å²) >= 11 is 8.20. The number of pyridine rings is 1. The van der Waals surface area contributed by atoms with Gasteiger partial charge < -0.3 is 4.90 Å². The maximum absolute atomic E-state index is 12.5. The number of hydrogen-bond donors (Lipinski definition) is 0. The highest BCUT2D eigenvalue weighted by Gasteiger charge is 2.16. The molecule has 0 fully saturated rings. The number of aromatic nitrogens is 1. The first kappa shape index (κ1) is 14.3. The Balaban J connectivity index is 2.33. The first-order chi connectivity index (χ1) is 9.13. The van der Waals surface area contributed by atoms with Crippen molar-refractivity contribution in [2.24, 2.45) is 0 Å². The summed E-state index contributed by atoms with van der Waals surface area (Å²) in [5.74, 6) is -0.0630. The Kier molecular flexibility index (Phi) is 4.76. The maximum Gasteiger partial charge on any atom is 0.258 e. The van der Waals surface area contributed by atoms with Crippen LogP contribution in [0.25, 0.3) is 0 Å².